The Morgan fingerprint density at radius 3 is 2.52 bits per heavy atom. The zero-order valence-electron chi connectivity index (χ0n) is 12.5. The van der Waals surface area contributed by atoms with Gasteiger partial charge in [-0.1, -0.05) is 18.2 Å². The normalized spacial score (nSPS) is 10.8. The molecule has 2 amide bonds. The van der Waals surface area contributed by atoms with Gasteiger partial charge in [-0.05, 0) is 18.2 Å². The lowest BCUT2D eigenvalue weighted by Crippen LogP contribution is -2.32. The molecule has 23 heavy (non-hydrogen) atoms. The molecule has 0 aliphatic heterocycles. The Labute approximate surface area is 134 Å². The van der Waals surface area contributed by atoms with Crippen molar-refractivity contribution in [3.8, 4) is 5.88 Å². The molecule has 8 heteroatoms. The molecular formula is C15H17N3O4S. The van der Waals surface area contributed by atoms with Crippen molar-refractivity contribution < 1.29 is 17.9 Å². The lowest BCUT2D eigenvalue weighted by atomic mass is 10.4. The molecule has 1 aromatic carbocycles. The second-order valence-corrected chi connectivity index (χ2v) is 6.71. The monoisotopic (exact) mass is 335 g/mol. The number of nitrogens with one attached hydrogen (secondary N) is 2. The predicted octanol–water partition coefficient (Wildman–Crippen LogP) is 1.69. The molecule has 0 saturated heterocycles. The molecule has 1 heterocycles. The minimum absolute atomic E-state index is 0.00659. The Hall–Kier alpha value is -2.61. The number of pyridine rings is 1. The van der Waals surface area contributed by atoms with E-state index in [-0.39, 0.29) is 17.2 Å². The van der Waals surface area contributed by atoms with Gasteiger partial charge in [-0.3, -0.25) is 0 Å². The van der Waals surface area contributed by atoms with Crippen LogP contribution in [0.5, 0.6) is 5.88 Å². The molecule has 0 bridgehead atoms. The first kappa shape index (κ1) is 16.8. The summed E-state index contributed by atoms with van der Waals surface area (Å²) < 4.78 is 29.0. The van der Waals surface area contributed by atoms with Gasteiger partial charge >= 0.3 is 6.03 Å². The lowest BCUT2D eigenvalue weighted by Gasteiger charge is -2.08. The number of ether oxygens (including phenoxy) is 1. The van der Waals surface area contributed by atoms with E-state index in [2.05, 4.69) is 15.6 Å². The van der Waals surface area contributed by atoms with Crippen LogP contribution in [0.3, 0.4) is 0 Å². The molecule has 0 fully saturated rings. The number of hydrogen-bond donors (Lipinski definition) is 2. The summed E-state index contributed by atoms with van der Waals surface area (Å²) in [6.07, 6.45) is 1.44. The molecular weight excluding hydrogens is 318 g/mol. The molecule has 0 atom stereocenters. The van der Waals surface area contributed by atoms with Crippen LogP contribution in [-0.2, 0) is 9.84 Å². The third-order valence-electron chi connectivity index (χ3n) is 2.96. The Bertz CT molecular complexity index is 746. The fraction of sp³-hybridized carbons (Fsp3) is 0.200. The quantitative estimate of drug-likeness (QED) is 0.837. The maximum atomic E-state index is 12.0. The average Bonchev–Trinajstić information content (AvgIpc) is 2.56. The number of aromatic nitrogens is 1. The van der Waals surface area contributed by atoms with Gasteiger partial charge in [0.25, 0.3) is 0 Å². The van der Waals surface area contributed by atoms with Crippen molar-refractivity contribution in [1.29, 1.82) is 0 Å². The van der Waals surface area contributed by atoms with Crippen LogP contribution >= 0.6 is 0 Å². The highest BCUT2D eigenvalue weighted by molar-refractivity contribution is 7.91. The Morgan fingerprint density at radius 1 is 1.17 bits per heavy atom. The summed E-state index contributed by atoms with van der Waals surface area (Å²) in [5, 5.41) is 5.05. The van der Waals surface area contributed by atoms with Gasteiger partial charge in [0.1, 0.15) is 0 Å². The second kappa shape index (κ2) is 7.59. The van der Waals surface area contributed by atoms with Crippen molar-refractivity contribution in [1.82, 2.24) is 10.3 Å². The second-order valence-electron chi connectivity index (χ2n) is 4.60. The minimum Gasteiger partial charge on any atom is -0.481 e. The van der Waals surface area contributed by atoms with E-state index in [1.54, 1.807) is 30.3 Å². The number of methoxy groups -OCH3 is 1. The predicted molar refractivity (Wildman–Crippen MR) is 86.3 cm³/mol. The lowest BCUT2D eigenvalue weighted by molar-refractivity contribution is 0.252. The first-order valence-electron chi connectivity index (χ1n) is 6.84. The zero-order chi connectivity index (χ0) is 16.7. The third kappa shape index (κ3) is 4.96. The summed E-state index contributed by atoms with van der Waals surface area (Å²) in [7, 11) is -1.91. The summed E-state index contributed by atoms with van der Waals surface area (Å²) >= 11 is 0. The van der Waals surface area contributed by atoms with E-state index >= 15 is 0 Å². The van der Waals surface area contributed by atoms with Crippen molar-refractivity contribution >= 4 is 21.6 Å². The van der Waals surface area contributed by atoms with Crippen LogP contribution in [0.2, 0.25) is 0 Å². The molecule has 1 aromatic heterocycles. The first-order chi connectivity index (χ1) is 11.0. The zero-order valence-corrected chi connectivity index (χ0v) is 13.3. The van der Waals surface area contributed by atoms with Gasteiger partial charge in [0.2, 0.25) is 5.88 Å². The highest BCUT2D eigenvalue weighted by Crippen LogP contribution is 2.11. The summed E-state index contributed by atoms with van der Waals surface area (Å²) in [6.45, 7) is 0.00659. The van der Waals surface area contributed by atoms with E-state index in [0.29, 0.717) is 11.6 Å². The summed E-state index contributed by atoms with van der Waals surface area (Å²) in [5.74, 6) is 0.260. The number of carbonyl (C=O) groups excluding carboxylic acids is 1. The van der Waals surface area contributed by atoms with E-state index in [4.69, 9.17) is 4.74 Å². The number of urea groups is 1. The van der Waals surface area contributed by atoms with Crippen LogP contribution in [0.25, 0.3) is 0 Å². The number of amides is 2. The molecule has 2 aromatic rings. The van der Waals surface area contributed by atoms with E-state index in [1.165, 1.54) is 25.4 Å². The van der Waals surface area contributed by atoms with Gasteiger partial charge in [-0.2, -0.15) is 0 Å². The van der Waals surface area contributed by atoms with Gasteiger partial charge in [0, 0.05) is 12.6 Å². The smallest absolute Gasteiger partial charge is 0.319 e. The number of anilines is 1. The SMILES string of the molecule is COc1ccc(NC(=O)NCCS(=O)(=O)c2ccccc2)cn1. The van der Waals surface area contributed by atoms with Crippen LogP contribution in [0.15, 0.2) is 53.6 Å². The van der Waals surface area contributed by atoms with Gasteiger partial charge in [-0.15, -0.1) is 0 Å². The maximum Gasteiger partial charge on any atom is 0.319 e. The molecule has 2 N–H and O–H groups in total. The fourth-order valence-electron chi connectivity index (χ4n) is 1.79. The van der Waals surface area contributed by atoms with Crippen molar-refractivity contribution in [3.05, 3.63) is 48.7 Å². The largest absolute Gasteiger partial charge is 0.481 e. The Balaban J connectivity index is 1.82. The first-order valence-corrected chi connectivity index (χ1v) is 8.49. The number of carbonyl (C=O) groups is 1. The minimum atomic E-state index is -3.41. The van der Waals surface area contributed by atoms with E-state index in [9.17, 15) is 13.2 Å². The van der Waals surface area contributed by atoms with E-state index < -0.39 is 15.9 Å². The number of hydrogen-bond acceptors (Lipinski definition) is 5. The van der Waals surface area contributed by atoms with Crippen LogP contribution in [0.4, 0.5) is 10.5 Å². The van der Waals surface area contributed by atoms with Crippen molar-refractivity contribution in [3.63, 3.8) is 0 Å². The van der Waals surface area contributed by atoms with Crippen molar-refractivity contribution in [2.75, 3.05) is 24.7 Å². The number of nitrogens with zero attached hydrogens (tertiary/aromatic N) is 1. The molecule has 2 rings (SSSR count). The fourth-order valence-corrected chi connectivity index (χ4v) is 2.97. The third-order valence-corrected chi connectivity index (χ3v) is 4.69. The van der Waals surface area contributed by atoms with Crippen molar-refractivity contribution in [2.24, 2.45) is 0 Å². The number of rotatable bonds is 6. The summed E-state index contributed by atoms with van der Waals surface area (Å²) in [6, 6.07) is 10.8. The summed E-state index contributed by atoms with van der Waals surface area (Å²) in [4.78, 5) is 15.9. The molecule has 0 radical (unpaired) electrons. The molecule has 0 saturated carbocycles. The van der Waals surface area contributed by atoms with Crippen LogP contribution in [0, 0.1) is 0 Å². The highest BCUT2D eigenvalue weighted by atomic mass is 32.2. The molecule has 122 valence electrons. The van der Waals surface area contributed by atoms with Gasteiger partial charge in [0.05, 0.1) is 29.6 Å². The Morgan fingerprint density at radius 2 is 1.91 bits per heavy atom. The van der Waals surface area contributed by atoms with Crippen LogP contribution in [0.1, 0.15) is 0 Å². The van der Waals surface area contributed by atoms with Gasteiger partial charge < -0.3 is 15.4 Å². The molecule has 0 aliphatic carbocycles. The maximum absolute atomic E-state index is 12.0. The van der Waals surface area contributed by atoms with Crippen molar-refractivity contribution in [2.45, 2.75) is 4.90 Å². The van der Waals surface area contributed by atoms with Crippen LogP contribution in [-0.4, -0.2) is 38.8 Å². The number of sulfone groups is 1. The molecule has 7 nitrogen and oxygen atoms in total. The Kier molecular flexibility index (Phi) is 5.53. The summed E-state index contributed by atoms with van der Waals surface area (Å²) in [5.41, 5.74) is 0.481. The van der Waals surface area contributed by atoms with Gasteiger partial charge in [-0.25, -0.2) is 18.2 Å². The average molecular weight is 335 g/mol. The topological polar surface area (TPSA) is 97.4 Å². The standard InChI is InChI=1S/C15H17N3O4S/c1-22-14-8-7-12(11-17-14)18-15(19)16-9-10-23(20,21)13-5-3-2-4-6-13/h2-8,11H,9-10H2,1H3,(H2,16,18,19). The van der Waals surface area contributed by atoms with Crippen LogP contribution < -0.4 is 15.4 Å². The molecule has 0 aliphatic rings. The molecule has 0 unspecified atom stereocenters. The number of benzene rings is 1. The highest BCUT2D eigenvalue weighted by Gasteiger charge is 2.14. The van der Waals surface area contributed by atoms with E-state index in [0.717, 1.165) is 0 Å². The van der Waals surface area contributed by atoms with E-state index in [1.807, 2.05) is 0 Å². The molecule has 0 spiro atoms. The van der Waals surface area contributed by atoms with Gasteiger partial charge in [0.15, 0.2) is 9.84 Å².